The SMILES string of the molecule is Fc1ccccc1-n1c(C2CCC2)nc2ccc(F)c(C(F)(F)F)c21. The fourth-order valence-corrected chi connectivity index (χ4v) is 3.25. The number of hydrogen-bond donors (Lipinski definition) is 0. The van der Waals surface area contributed by atoms with Crippen LogP contribution in [-0.4, -0.2) is 9.55 Å². The largest absolute Gasteiger partial charge is 0.421 e. The predicted octanol–water partition coefficient (Wildman–Crippen LogP) is 5.59. The molecule has 0 N–H and O–H groups in total. The van der Waals surface area contributed by atoms with Crippen molar-refractivity contribution in [3.05, 3.63) is 59.4 Å². The molecule has 0 radical (unpaired) electrons. The summed E-state index contributed by atoms with van der Waals surface area (Å²) in [6, 6.07) is 7.49. The molecule has 0 saturated heterocycles. The first-order chi connectivity index (χ1) is 11.9. The predicted molar refractivity (Wildman–Crippen MR) is 82.6 cm³/mol. The van der Waals surface area contributed by atoms with Gasteiger partial charge in [-0.1, -0.05) is 18.6 Å². The highest BCUT2D eigenvalue weighted by atomic mass is 19.4. The van der Waals surface area contributed by atoms with Crippen LogP contribution in [0.1, 0.15) is 36.6 Å². The van der Waals surface area contributed by atoms with Crippen molar-refractivity contribution in [2.45, 2.75) is 31.4 Å². The minimum Gasteiger partial charge on any atom is -0.292 e. The van der Waals surface area contributed by atoms with Crippen molar-refractivity contribution in [3.8, 4) is 5.69 Å². The lowest BCUT2D eigenvalue weighted by atomic mass is 9.84. The van der Waals surface area contributed by atoms with E-state index in [-0.39, 0.29) is 17.1 Å². The third kappa shape index (κ3) is 2.49. The lowest BCUT2D eigenvalue weighted by Gasteiger charge is -2.26. The van der Waals surface area contributed by atoms with Gasteiger partial charge in [0.05, 0.1) is 16.7 Å². The number of alkyl halides is 3. The van der Waals surface area contributed by atoms with Gasteiger partial charge in [-0.15, -0.1) is 0 Å². The molecule has 2 nitrogen and oxygen atoms in total. The first-order valence-electron chi connectivity index (χ1n) is 7.91. The molecule has 1 saturated carbocycles. The standard InChI is InChI=1S/C18H13F5N2/c19-11-6-1-2-7-14(11)25-16-13(24-17(25)10-4-3-5-10)9-8-12(20)15(16)18(21,22)23/h1-2,6-10H,3-5H2. The molecular formula is C18H13F5N2. The van der Waals surface area contributed by atoms with Crippen LogP contribution in [0.3, 0.4) is 0 Å². The number of rotatable bonds is 2. The Morgan fingerprint density at radius 2 is 1.68 bits per heavy atom. The summed E-state index contributed by atoms with van der Waals surface area (Å²) < 4.78 is 70.1. The molecule has 2 aromatic carbocycles. The molecule has 0 aliphatic heterocycles. The minimum absolute atomic E-state index is 0.0129. The Kier molecular flexibility index (Phi) is 3.56. The van der Waals surface area contributed by atoms with E-state index in [9.17, 15) is 22.0 Å². The number of fused-ring (bicyclic) bond motifs is 1. The summed E-state index contributed by atoms with van der Waals surface area (Å²) in [4.78, 5) is 4.30. The quantitative estimate of drug-likeness (QED) is 0.550. The first-order valence-corrected chi connectivity index (χ1v) is 7.91. The van der Waals surface area contributed by atoms with Gasteiger partial charge >= 0.3 is 6.18 Å². The molecule has 4 rings (SSSR count). The van der Waals surface area contributed by atoms with Crippen LogP contribution >= 0.6 is 0 Å². The molecule has 1 fully saturated rings. The normalized spacial score (nSPS) is 15.6. The fraction of sp³-hybridized carbons (Fsp3) is 0.278. The monoisotopic (exact) mass is 352 g/mol. The number of aromatic nitrogens is 2. The molecule has 0 bridgehead atoms. The van der Waals surface area contributed by atoms with Gasteiger partial charge in [0.15, 0.2) is 0 Å². The highest BCUT2D eigenvalue weighted by molar-refractivity contribution is 5.83. The second kappa shape index (κ2) is 5.54. The van der Waals surface area contributed by atoms with E-state index in [1.807, 2.05) is 0 Å². The van der Waals surface area contributed by atoms with Crippen LogP contribution in [0.4, 0.5) is 22.0 Å². The number of imidazole rings is 1. The second-order valence-corrected chi connectivity index (χ2v) is 6.17. The smallest absolute Gasteiger partial charge is 0.292 e. The molecule has 1 aliphatic rings. The summed E-state index contributed by atoms with van der Waals surface area (Å²) in [5, 5.41) is 0. The van der Waals surface area contributed by atoms with Crippen molar-refractivity contribution >= 4 is 11.0 Å². The van der Waals surface area contributed by atoms with Crippen molar-refractivity contribution in [1.82, 2.24) is 9.55 Å². The maximum Gasteiger partial charge on any atom is 0.421 e. The summed E-state index contributed by atoms with van der Waals surface area (Å²) in [6.45, 7) is 0. The van der Waals surface area contributed by atoms with E-state index < -0.39 is 28.9 Å². The van der Waals surface area contributed by atoms with Gasteiger partial charge in [-0.05, 0) is 37.1 Å². The zero-order valence-electron chi connectivity index (χ0n) is 12.9. The van der Waals surface area contributed by atoms with E-state index in [1.54, 1.807) is 0 Å². The van der Waals surface area contributed by atoms with Crippen molar-refractivity contribution < 1.29 is 22.0 Å². The maximum atomic E-state index is 14.4. The Morgan fingerprint density at radius 1 is 0.960 bits per heavy atom. The second-order valence-electron chi connectivity index (χ2n) is 6.17. The van der Waals surface area contributed by atoms with E-state index in [0.29, 0.717) is 5.82 Å². The Balaban J connectivity index is 2.13. The van der Waals surface area contributed by atoms with Gasteiger partial charge in [0, 0.05) is 5.92 Å². The molecular weight excluding hydrogens is 339 g/mol. The molecule has 1 aromatic heterocycles. The van der Waals surface area contributed by atoms with Crippen molar-refractivity contribution in [2.24, 2.45) is 0 Å². The van der Waals surface area contributed by atoms with Crippen LogP contribution in [-0.2, 0) is 6.18 Å². The molecule has 25 heavy (non-hydrogen) atoms. The summed E-state index contributed by atoms with van der Waals surface area (Å²) in [6.07, 6.45) is -2.45. The van der Waals surface area contributed by atoms with Crippen LogP contribution in [0.5, 0.6) is 0 Å². The minimum atomic E-state index is -4.91. The Hall–Kier alpha value is -2.44. The number of hydrogen-bond acceptors (Lipinski definition) is 1. The van der Waals surface area contributed by atoms with Crippen LogP contribution in [0.2, 0.25) is 0 Å². The van der Waals surface area contributed by atoms with E-state index in [4.69, 9.17) is 0 Å². The number of para-hydroxylation sites is 1. The first kappa shape index (κ1) is 16.1. The molecule has 130 valence electrons. The maximum absolute atomic E-state index is 14.4. The van der Waals surface area contributed by atoms with Gasteiger partial charge in [0.1, 0.15) is 23.0 Å². The van der Waals surface area contributed by atoms with Gasteiger partial charge < -0.3 is 0 Å². The third-order valence-corrected chi connectivity index (χ3v) is 4.64. The molecule has 7 heteroatoms. The topological polar surface area (TPSA) is 17.8 Å². The summed E-state index contributed by atoms with van der Waals surface area (Å²) in [7, 11) is 0. The number of benzene rings is 2. The molecule has 1 heterocycles. The molecule has 0 atom stereocenters. The van der Waals surface area contributed by atoms with Gasteiger partial charge in [-0.3, -0.25) is 4.57 Å². The zero-order valence-corrected chi connectivity index (χ0v) is 12.9. The zero-order chi connectivity index (χ0) is 17.8. The van der Waals surface area contributed by atoms with E-state index in [1.165, 1.54) is 24.3 Å². The van der Waals surface area contributed by atoms with Gasteiger partial charge in [-0.25, -0.2) is 13.8 Å². The molecule has 0 spiro atoms. The highest BCUT2D eigenvalue weighted by Gasteiger charge is 2.39. The fourth-order valence-electron chi connectivity index (χ4n) is 3.25. The van der Waals surface area contributed by atoms with E-state index >= 15 is 0 Å². The van der Waals surface area contributed by atoms with E-state index in [2.05, 4.69) is 4.98 Å². The van der Waals surface area contributed by atoms with Gasteiger partial charge in [0.25, 0.3) is 0 Å². The van der Waals surface area contributed by atoms with Crippen molar-refractivity contribution in [3.63, 3.8) is 0 Å². The lowest BCUT2D eigenvalue weighted by Crippen LogP contribution is -2.17. The van der Waals surface area contributed by atoms with Crippen LogP contribution in [0.15, 0.2) is 36.4 Å². The van der Waals surface area contributed by atoms with Crippen molar-refractivity contribution in [2.75, 3.05) is 0 Å². The average molecular weight is 352 g/mol. The molecule has 0 amide bonds. The Morgan fingerprint density at radius 3 is 2.28 bits per heavy atom. The summed E-state index contributed by atoms with van der Waals surface area (Å²) >= 11 is 0. The van der Waals surface area contributed by atoms with Gasteiger partial charge in [0.2, 0.25) is 0 Å². The number of nitrogens with zero attached hydrogens (tertiary/aromatic N) is 2. The summed E-state index contributed by atoms with van der Waals surface area (Å²) in [5.74, 6) is -1.78. The van der Waals surface area contributed by atoms with E-state index in [0.717, 1.165) is 36.0 Å². The molecule has 1 aliphatic carbocycles. The Bertz CT molecular complexity index is 954. The summed E-state index contributed by atoms with van der Waals surface area (Å²) in [5.41, 5.74) is -1.88. The highest BCUT2D eigenvalue weighted by Crippen LogP contribution is 2.43. The Labute approximate surface area is 139 Å². The van der Waals surface area contributed by atoms with Crippen LogP contribution in [0.25, 0.3) is 16.7 Å². The van der Waals surface area contributed by atoms with Gasteiger partial charge in [-0.2, -0.15) is 13.2 Å². The molecule has 0 unspecified atom stereocenters. The number of halogens is 5. The van der Waals surface area contributed by atoms with Crippen LogP contribution < -0.4 is 0 Å². The lowest BCUT2D eigenvalue weighted by molar-refractivity contribution is -0.138. The molecule has 3 aromatic rings. The van der Waals surface area contributed by atoms with Crippen LogP contribution in [0, 0.1) is 11.6 Å². The van der Waals surface area contributed by atoms with Crippen molar-refractivity contribution in [1.29, 1.82) is 0 Å². The third-order valence-electron chi connectivity index (χ3n) is 4.64. The average Bonchev–Trinajstić information content (AvgIpc) is 2.83.